The van der Waals surface area contributed by atoms with Gasteiger partial charge in [-0.3, -0.25) is 9.69 Å². The molecule has 0 amide bonds. The van der Waals surface area contributed by atoms with E-state index in [1.165, 1.54) is 12.1 Å². The largest absolute Gasteiger partial charge is 0.481 e. The molecule has 1 rings (SSSR count). The Morgan fingerprint density at radius 1 is 1.58 bits per heavy atom. The molecule has 0 aliphatic heterocycles. The summed E-state index contributed by atoms with van der Waals surface area (Å²) in [7, 11) is 0. The zero-order valence-corrected chi connectivity index (χ0v) is 11.5. The van der Waals surface area contributed by atoms with Gasteiger partial charge in [-0.25, -0.2) is 4.39 Å². The number of carboxylic acid groups (broad SMARTS) is 1. The molecule has 0 saturated heterocycles. The minimum atomic E-state index is -0.889. The van der Waals surface area contributed by atoms with Crippen LogP contribution in [0.5, 0.6) is 0 Å². The van der Waals surface area contributed by atoms with E-state index in [-0.39, 0.29) is 17.2 Å². The van der Waals surface area contributed by atoms with Crippen molar-refractivity contribution in [2.45, 2.75) is 19.4 Å². The highest BCUT2D eigenvalue weighted by molar-refractivity contribution is 7.80. The first-order valence-corrected chi connectivity index (χ1v) is 6.37. The third-order valence-corrected chi connectivity index (χ3v) is 3.04. The number of carbonyl (C=O) groups is 1. The van der Waals surface area contributed by atoms with E-state index in [0.29, 0.717) is 18.7 Å². The number of rotatable bonds is 7. The van der Waals surface area contributed by atoms with Crippen molar-refractivity contribution in [1.29, 1.82) is 0 Å². The van der Waals surface area contributed by atoms with Crippen LogP contribution in [0.2, 0.25) is 0 Å². The van der Waals surface area contributed by atoms with E-state index in [1.807, 2.05) is 11.8 Å². The lowest BCUT2D eigenvalue weighted by molar-refractivity contribution is -0.137. The third kappa shape index (κ3) is 4.57. The molecule has 0 aliphatic carbocycles. The number of carboxylic acids is 1. The highest BCUT2D eigenvalue weighted by Gasteiger charge is 2.22. The summed E-state index contributed by atoms with van der Waals surface area (Å²) in [6, 6.07) is 5.58. The lowest BCUT2D eigenvalue weighted by Gasteiger charge is -2.29. The van der Waals surface area contributed by atoms with Crippen LogP contribution in [-0.2, 0) is 4.79 Å². The van der Waals surface area contributed by atoms with Crippen LogP contribution in [0.3, 0.4) is 0 Å². The lowest BCUT2D eigenvalue weighted by Crippen LogP contribution is -2.38. The molecule has 0 saturated carbocycles. The number of benzene rings is 1. The van der Waals surface area contributed by atoms with Crippen molar-refractivity contribution in [1.82, 2.24) is 4.90 Å². The topological polar surface area (TPSA) is 66.6 Å². The fraction of sp³-hybridized carbons (Fsp3) is 0.385. The lowest BCUT2D eigenvalue weighted by atomic mass is 10.0. The molecule has 0 aromatic heterocycles. The van der Waals surface area contributed by atoms with Gasteiger partial charge in [-0.2, -0.15) is 0 Å². The Balaban J connectivity index is 2.97. The first-order chi connectivity index (χ1) is 8.95. The van der Waals surface area contributed by atoms with E-state index in [1.54, 1.807) is 12.1 Å². The molecule has 6 heteroatoms. The highest BCUT2D eigenvalue weighted by Crippen LogP contribution is 2.22. The zero-order chi connectivity index (χ0) is 14.4. The molecule has 1 atom stereocenters. The molecule has 0 heterocycles. The van der Waals surface area contributed by atoms with E-state index >= 15 is 0 Å². The van der Waals surface area contributed by atoms with E-state index in [9.17, 15) is 9.18 Å². The normalized spacial score (nSPS) is 12.4. The van der Waals surface area contributed by atoms with Gasteiger partial charge < -0.3 is 10.8 Å². The second kappa shape index (κ2) is 7.16. The molecule has 1 aromatic rings. The molecule has 0 fully saturated rings. The molecule has 1 unspecified atom stereocenters. The molecule has 0 spiro atoms. The molecule has 3 N–H and O–H groups in total. The maximum Gasteiger partial charge on any atom is 0.304 e. The predicted molar refractivity (Wildman–Crippen MR) is 75.4 cm³/mol. The second-order valence-electron chi connectivity index (χ2n) is 4.13. The van der Waals surface area contributed by atoms with Crippen molar-refractivity contribution in [3.05, 3.63) is 35.6 Å². The monoisotopic (exact) mass is 284 g/mol. The predicted octanol–water partition coefficient (Wildman–Crippen LogP) is 1.95. The fourth-order valence-electron chi connectivity index (χ4n) is 1.94. The molecule has 1 aromatic carbocycles. The van der Waals surface area contributed by atoms with Crippen molar-refractivity contribution in [3.63, 3.8) is 0 Å². The number of hydrogen-bond acceptors (Lipinski definition) is 3. The van der Waals surface area contributed by atoms with Crippen molar-refractivity contribution >= 4 is 23.2 Å². The Morgan fingerprint density at radius 2 is 2.26 bits per heavy atom. The van der Waals surface area contributed by atoms with Crippen LogP contribution in [0, 0.1) is 5.82 Å². The van der Waals surface area contributed by atoms with Gasteiger partial charge in [0.25, 0.3) is 0 Å². The number of nitrogens with two attached hydrogens (primary N) is 1. The average Bonchev–Trinajstić information content (AvgIpc) is 2.33. The minimum absolute atomic E-state index is 0.0116. The Kier molecular flexibility index (Phi) is 5.85. The standard InChI is InChI=1S/C13H17FN2O2S/c1-2-16(7-6-11(17)18)12(13(15)19)9-4-3-5-10(14)8-9/h3-5,8,12H,2,6-7H2,1H3,(H2,15,19)(H,17,18). The molecular weight excluding hydrogens is 267 g/mol. The van der Waals surface area contributed by atoms with Gasteiger partial charge in [0.2, 0.25) is 0 Å². The van der Waals surface area contributed by atoms with Crippen molar-refractivity contribution in [3.8, 4) is 0 Å². The SMILES string of the molecule is CCN(CCC(=O)O)C(C(N)=S)c1cccc(F)c1. The molecule has 4 nitrogen and oxygen atoms in total. The molecule has 104 valence electrons. The number of thiocarbonyl (C=S) groups is 1. The van der Waals surface area contributed by atoms with Crippen molar-refractivity contribution in [2.75, 3.05) is 13.1 Å². The summed E-state index contributed by atoms with van der Waals surface area (Å²) in [5, 5.41) is 8.74. The van der Waals surface area contributed by atoms with Gasteiger partial charge in [-0.15, -0.1) is 0 Å². The van der Waals surface area contributed by atoms with Gasteiger partial charge in [0.15, 0.2) is 0 Å². The number of likely N-dealkylation sites (N-methyl/N-ethyl adjacent to an activating group) is 1. The first-order valence-electron chi connectivity index (χ1n) is 5.96. The third-order valence-electron chi connectivity index (χ3n) is 2.82. The number of hydrogen-bond donors (Lipinski definition) is 2. The van der Waals surface area contributed by atoms with E-state index in [4.69, 9.17) is 23.1 Å². The minimum Gasteiger partial charge on any atom is -0.481 e. The summed E-state index contributed by atoms with van der Waals surface area (Å²) in [6.07, 6.45) is -0.0116. The van der Waals surface area contributed by atoms with Crippen LogP contribution < -0.4 is 5.73 Å². The van der Waals surface area contributed by atoms with Crippen LogP contribution in [0.4, 0.5) is 4.39 Å². The van der Waals surface area contributed by atoms with Crippen LogP contribution >= 0.6 is 12.2 Å². The maximum absolute atomic E-state index is 13.3. The summed E-state index contributed by atoms with van der Waals surface area (Å²) in [6.45, 7) is 2.77. The number of nitrogens with zero attached hydrogens (tertiary/aromatic N) is 1. The maximum atomic E-state index is 13.3. The van der Waals surface area contributed by atoms with Gasteiger partial charge in [-0.05, 0) is 24.2 Å². The summed E-state index contributed by atoms with van der Waals surface area (Å²) >= 11 is 5.03. The molecule has 0 aliphatic rings. The summed E-state index contributed by atoms with van der Waals surface area (Å²) in [5.41, 5.74) is 6.36. The Morgan fingerprint density at radius 3 is 2.74 bits per heavy atom. The quantitative estimate of drug-likeness (QED) is 0.749. The summed E-state index contributed by atoms with van der Waals surface area (Å²) in [4.78, 5) is 12.7. The van der Waals surface area contributed by atoms with Crippen LogP contribution in [0.1, 0.15) is 24.9 Å². The summed E-state index contributed by atoms with van der Waals surface area (Å²) in [5.74, 6) is -1.26. The van der Waals surface area contributed by atoms with E-state index in [2.05, 4.69) is 0 Å². The first kappa shape index (κ1) is 15.5. The van der Waals surface area contributed by atoms with Crippen molar-refractivity contribution < 1.29 is 14.3 Å². The van der Waals surface area contributed by atoms with Gasteiger partial charge in [-0.1, -0.05) is 31.3 Å². The fourth-order valence-corrected chi connectivity index (χ4v) is 2.23. The van der Waals surface area contributed by atoms with Gasteiger partial charge >= 0.3 is 5.97 Å². The number of aliphatic carboxylic acids is 1. The Bertz CT molecular complexity index is 468. The van der Waals surface area contributed by atoms with Crippen LogP contribution in [-0.4, -0.2) is 34.1 Å². The van der Waals surface area contributed by atoms with Crippen LogP contribution in [0.25, 0.3) is 0 Å². The van der Waals surface area contributed by atoms with E-state index < -0.39 is 12.0 Å². The number of halogens is 1. The second-order valence-corrected chi connectivity index (χ2v) is 4.60. The molecule has 0 bridgehead atoms. The average molecular weight is 284 g/mol. The van der Waals surface area contributed by atoms with E-state index in [0.717, 1.165) is 0 Å². The van der Waals surface area contributed by atoms with Gasteiger partial charge in [0.1, 0.15) is 5.82 Å². The highest BCUT2D eigenvalue weighted by atomic mass is 32.1. The molecule has 19 heavy (non-hydrogen) atoms. The molecular formula is C13H17FN2O2S. The zero-order valence-electron chi connectivity index (χ0n) is 10.7. The Labute approximate surface area is 117 Å². The Hall–Kier alpha value is -1.53. The summed E-state index contributed by atoms with van der Waals surface area (Å²) < 4.78 is 13.3. The van der Waals surface area contributed by atoms with Gasteiger partial charge in [0.05, 0.1) is 17.5 Å². The van der Waals surface area contributed by atoms with Crippen LogP contribution in [0.15, 0.2) is 24.3 Å². The smallest absolute Gasteiger partial charge is 0.304 e. The van der Waals surface area contributed by atoms with Crippen molar-refractivity contribution in [2.24, 2.45) is 5.73 Å². The molecule has 0 radical (unpaired) electrons. The van der Waals surface area contributed by atoms with Gasteiger partial charge in [0, 0.05) is 6.54 Å².